The first-order valence-electron chi connectivity index (χ1n) is 7.33. The molecule has 1 heterocycles. The molecule has 1 saturated heterocycles. The van der Waals surface area contributed by atoms with Crippen LogP contribution in [0.3, 0.4) is 0 Å². The highest BCUT2D eigenvalue weighted by molar-refractivity contribution is 5.76. The Bertz CT molecular complexity index is 281. The lowest BCUT2D eigenvalue weighted by molar-refractivity contribution is -0.122. The van der Waals surface area contributed by atoms with Crippen molar-refractivity contribution in [3.8, 4) is 0 Å². The summed E-state index contributed by atoms with van der Waals surface area (Å²) in [4.78, 5) is 14.3. The van der Waals surface area contributed by atoms with Gasteiger partial charge in [-0.1, -0.05) is 6.42 Å². The Morgan fingerprint density at radius 2 is 1.94 bits per heavy atom. The molecule has 4 heteroatoms. The van der Waals surface area contributed by atoms with E-state index in [1.807, 2.05) is 13.8 Å². The Morgan fingerprint density at radius 1 is 1.33 bits per heavy atom. The van der Waals surface area contributed by atoms with Crippen LogP contribution in [0.5, 0.6) is 0 Å². The van der Waals surface area contributed by atoms with Gasteiger partial charge < -0.3 is 11.1 Å². The predicted octanol–water partition coefficient (Wildman–Crippen LogP) is 0.960. The maximum atomic E-state index is 11.8. The standard InChI is InChI=1S/C14H27N3O/c1-10(2)16-14(18)6-13(7-15)17-8-11-4-3-5-12(11)9-17/h10-13H,3-9,15H2,1-2H3,(H,16,18). The Kier molecular flexibility index (Phi) is 4.62. The first-order valence-corrected chi connectivity index (χ1v) is 7.33. The van der Waals surface area contributed by atoms with Gasteiger partial charge in [-0.15, -0.1) is 0 Å². The fourth-order valence-corrected chi connectivity index (χ4v) is 3.53. The Labute approximate surface area is 110 Å². The molecule has 3 N–H and O–H groups in total. The average molecular weight is 253 g/mol. The van der Waals surface area contributed by atoms with Gasteiger partial charge in [0, 0.05) is 38.1 Å². The van der Waals surface area contributed by atoms with E-state index in [0.29, 0.717) is 13.0 Å². The molecule has 2 aliphatic rings. The minimum atomic E-state index is 0.137. The van der Waals surface area contributed by atoms with E-state index < -0.39 is 0 Å². The lowest BCUT2D eigenvalue weighted by atomic mass is 10.0. The number of carbonyl (C=O) groups excluding carboxylic acids is 1. The van der Waals surface area contributed by atoms with Crippen molar-refractivity contribution in [3.63, 3.8) is 0 Å². The average Bonchev–Trinajstić information content (AvgIpc) is 2.84. The summed E-state index contributed by atoms with van der Waals surface area (Å²) in [5.41, 5.74) is 5.86. The van der Waals surface area contributed by atoms with Crippen LogP contribution in [0.25, 0.3) is 0 Å². The fraction of sp³-hybridized carbons (Fsp3) is 0.929. The molecule has 0 spiro atoms. The van der Waals surface area contributed by atoms with Gasteiger partial charge in [-0.3, -0.25) is 9.69 Å². The van der Waals surface area contributed by atoms with E-state index in [1.54, 1.807) is 0 Å². The monoisotopic (exact) mass is 253 g/mol. The zero-order valence-corrected chi connectivity index (χ0v) is 11.7. The van der Waals surface area contributed by atoms with Crippen molar-refractivity contribution in [1.82, 2.24) is 10.2 Å². The van der Waals surface area contributed by atoms with E-state index in [-0.39, 0.29) is 18.0 Å². The van der Waals surface area contributed by atoms with Gasteiger partial charge in [-0.25, -0.2) is 0 Å². The second-order valence-electron chi connectivity index (χ2n) is 6.22. The smallest absolute Gasteiger partial charge is 0.221 e. The number of likely N-dealkylation sites (tertiary alicyclic amines) is 1. The number of nitrogens with two attached hydrogens (primary N) is 1. The molecule has 0 aromatic heterocycles. The second kappa shape index (κ2) is 6.02. The Balaban J connectivity index is 1.84. The maximum Gasteiger partial charge on any atom is 0.221 e. The van der Waals surface area contributed by atoms with Crippen LogP contribution in [-0.4, -0.2) is 42.5 Å². The number of hydrogen-bond donors (Lipinski definition) is 2. The van der Waals surface area contributed by atoms with Gasteiger partial charge in [0.05, 0.1) is 0 Å². The molecule has 1 aliphatic carbocycles. The normalized spacial score (nSPS) is 29.6. The van der Waals surface area contributed by atoms with Gasteiger partial charge in [0.15, 0.2) is 0 Å². The molecular formula is C14H27N3O. The number of nitrogens with one attached hydrogen (secondary N) is 1. The quantitative estimate of drug-likeness (QED) is 0.767. The van der Waals surface area contributed by atoms with E-state index in [0.717, 1.165) is 24.9 Å². The molecule has 1 saturated carbocycles. The lowest BCUT2D eigenvalue weighted by Gasteiger charge is -2.27. The van der Waals surface area contributed by atoms with Gasteiger partial charge in [0.1, 0.15) is 0 Å². The molecule has 4 nitrogen and oxygen atoms in total. The Morgan fingerprint density at radius 3 is 2.44 bits per heavy atom. The molecule has 0 bridgehead atoms. The van der Waals surface area contributed by atoms with Crippen LogP contribution in [0.1, 0.15) is 39.5 Å². The van der Waals surface area contributed by atoms with Crippen molar-refractivity contribution in [2.45, 2.75) is 51.6 Å². The predicted molar refractivity (Wildman–Crippen MR) is 73.1 cm³/mol. The summed E-state index contributed by atoms with van der Waals surface area (Å²) in [6.07, 6.45) is 4.69. The fourth-order valence-electron chi connectivity index (χ4n) is 3.53. The molecule has 1 amide bonds. The highest BCUT2D eigenvalue weighted by Crippen LogP contribution is 2.38. The summed E-state index contributed by atoms with van der Waals surface area (Å²) in [5, 5.41) is 2.96. The van der Waals surface area contributed by atoms with E-state index in [1.165, 1.54) is 19.3 Å². The SMILES string of the molecule is CC(C)NC(=O)CC(CN)N1CC2CCCC2C1. The van der Waals surface area contributed by atoms with Crippen molar-refractivity contribution in [2.24, 2.45) is 17.6 Å². The van der Waals surface area contributed by atoms with Crippen LogP contribution in [-0.2, 0) is 4.79 Å². The first kappa shape index (κ1) is 13.8. The van der Waals surface area contributed by atoms with Gasteiger partial charge in [0.2, 0.25) is 5.91 Å². The summed E-state index contributed by atoms with van der Waals surface area (Å²) in [7, 11) is 0. The van der Waals surface area contributed by atoms with Gasteiger partial charge >= 0.3 is 0 Å². The van der Waals surface area contributed by atoms with Crippen LogP contribution in [0.4, 0.5) is 0 Å². The van der Waals surface area contributed by atoms with Crippen molar-refractivity contribution in [3.05, 3.63) is 0 Å². The number of amides is 1. The van der Waals surface area contributed by atoms with E-state index in [4.69, 9.17) is 5.73 Å². The number of carbonyl (C=O) groups is 1. The van der Waals surface area contributed by atoms with Gasteiger partial charge in [-0.05, 0) is 38.5 Å². The zero-order chi connectivity index (χ0) is 13.1. The molecule has 104 valence electrons. The summed E-state index contributed by atoms with van der Waals surface area (Å²) in [6.45, 7) is 6.89. The number of fused-ring (bicyclic) bond motifs is 1. The van der Waals surface area contributed by atoms with Crippen molar-refractivity contribution in [2.75, 3.05) is 19.6 Å². The maximum absolute atomic E-state index is 11.8. The molecule has 1 aliphatic heterocycles. The topological polar surface area (TPSA) is 58.4 Å². The van der Waals surface area contributed by atoms with Gasteiger partial charge in [-0.2, -0.15) is 0 Å². The van der Waals surface area contributed by atoms with Crippen molar-refractivity contribution in [1.29, 1.82) is 0 Å². The molecule has 2 rings (SSSR count). The number of nitrogens with zero attached hydrogens (tertiary/aromatic N) is 1. The van der Waals surface area contributed by atoms with E-state index in [9.17, 15) is 4.79 Å². The number of hydrogen-bond acceptors (Lipinski definition) is 3. The summed E-state index contributed by atoms with van der Waals surface area (Å²) in [6, 6.07) is 0.447. The third kappa shape index (κ3) is 3.23. The van der Waals surface area contributed by atoms with Gasteiger partial charge in [0.25, 0.3) is 0 Å². The van der Waals surface area contributed by atoms with Crippen molar-refractivity contribution >= 4 is 5.91 Å². The van der Waals surface area contributed by atoms with Crippen LogP contribution in [0.15, 0.2) is 0 Å². The Hall–Kier alpha value is -0.610. The molecule has 2 fully saturated rings. The van der Waals surface area contributed by atoms with Crippen LogP contribution >= 0.6 is 0 Å². The zero-order valence-electron chi connectivity index (χ0n) is 11.7. The molecule has 0 aromatic carbocycles. The molecule has 3 unspecified atom stereocenters. The lowest BCUT2D eigenvalue weighted by Crippen LogP contribution is -2.44. The van der Waals surface area contributed by atoms with Crippen molar-refractivity contribution < 1.29 is 4.79 Å². The molecule has 0 aromatic rings. The third-order valence-corrected chi connectivity index (χ3v) is 4.41. The highest BCUT2D eigenvalue weighted by atomic mass is 16.1. The van der Waals surface area contributed by atoms with Crippen LogP contribution in [0, 0.1) is 11.8 Å². The summed E-state index contributed by atoms with van der Waals surface area (Å²) in [5.74, 6) is 1.87. The highest BCUT2D eigenvalue weighted by Gasteiger charge is 2.38. The number of rotatable bonds is 5. The molecular weight excluding hydrogens is 226 g/mol. The van der Waals surface area contributed by atoms with Crippen LogP contribution in [0.2, 0.25) is 0 Å². The molecule has 3 atom stereocenters. The molecule has 0 radical (unpaired) electrons. The summed E-state index contributed by atoms with van der Waals surface area (Å²) < 4.78 is 0. The summed E-state index contributed by atoms with van der Waals surface area (Å²) >= 11 is 0. The second-order valence-corrected chi connectivity index (χ2v) is 6.22. The van der Waals surface area contributed by atoms with E-state index >= 15 is 0 Å². The third-order valence-electron chi connectivity index (χ3n) is 4.41. The van der Waals surface area contributed by atoms with Crippen LogP contribution < -0.4 is 11.1 Å². The molecule has 18 heavy (non-hydrogen) atoms. The largest absolute Gasteiger partial charge is 0.354 e. The minimum absolute atomic E-state index is 0.137. The van der Waals surface area contributed by atoms with E-state index in [2.05, 4.69) is 10.2 Å². The minimum Gasteiger partial charge on any atom is -0.354 e. The first-order chi connectivity index (χ1) is 8.60.